The van der Waals surface area contributed by atoms with Gasteiger partial charge in [0.15, 0.2) is 0 Å². The zero-order valence-electron chi connectivity index (χ0n) is 13.4. The van der Waals surface area contributed by atoms with Gasteiger partial charge in [-0.25, -0.2) is 0 Å². The number of amides is 1. The smallest absolute Gasteiger partial charge is 0.222 e. The van der Waals surface area contributed by atoms with E-state index in [-0.39, 0.29) is 5.91 Å². The number of carbonyl (C=O) groups is 1. The fraction of sp³-hybridized carbons (Fsp3) is 0.389. The van der Waals surface area contributed by atoms with Crippen molar-refractivity contribution in [3.63, 3.8) is 0 Å². The summed E-state index contributed by atoms with van der Waals surface area (Å²) < 4.78 is 0. The second-order valence-corrected chi connectivity index (χ2v) is 6.50. The molecule has 1 aromatic heterocycles. The third-order valence-electron chi connectivity index (χ3n) is 4.53. The molecule has 1 aliphatic heterocycles. The highest BCUT2D eigenvalue weighted by molar-refractivity contribution is 6.31. The Bertz CT molecular complexity index is 700. The first-order chi connectivity index (χ1) is 11.6. The number of rotatable bonds is 4. The predicted molar refractivity (Wildman–Crippen MR) is 91.5 cm³/mol. The molecule has 126 valence electrons. The SMILES string of the molecule is O=C(CCc1cnccn1)N1CCC(O)(c2ccccc2Cl)CC1. The summed E-state index contributed by atoms with van der Waals surface area (Å²) in [5.74, 6) is 0.0851. The Hall–Kier alpha value is -1.98. The van der Waals surface area contributed by atoms with Gasteiger partial charge in [0, 0.05) is 48.7 Å². The molecule has 1 fully saturated rings. The van der Waals surface area contributed by atoms with Gasteiger partial charge in [-0.15, -0.1) is 0 Å². The van der Waals surface area contributed by atoms with Gasteiger partial charge in [0.2, 0.25) is 5.91 Å². The van der Waals surface area contributed by atoms with Gasteiger partial charge in [0.05, 0.1) is 11.3 Å². The number of aryl methyl sites for hydroxylation is 1. The molecule has 6 heteroatoms. The van der Waals surface area contributed by atoms with Crippen molar-refractivity contribution in [1.29, 1.82) is 0 Å². The van der Waals surface area contributed by atoms with E-state index in [1.807, 2.05) is 23.1 Å². The van der Waals surface area contributed by atoms with E-state index in [4.69, 9.17) is 11.6 Å². The molecule has 1 aliphatic rings. The van der Waals surface area contributed by atoms with Crippen LogP contribution in [-0.4, -0.2) is 39.0 Å². The van der Waals surface area contributed by atoms with Crippen molar-refractivity contribution in [3.05, 3.63) is 59.1 Å². The summed E-state index contributed by atoms with van der Waals surface area (Å²) in [4.78, 5) is 22.3. The van der Waals surface area contributed by atoms with Gasteiger partial charge in [-0.05, 0) is 25.3 Å². The van der Waals surface area contributed by atoms with E-state index in [1.54, 1.807) is 24.7 Å². The lowest BCUT2D eigenvalue weighted by Crippen LogP contribution is -2.45. The Morgan fingerprint density at radius 2 is 2.00 bits per heavy atom. The Labute approximate surface area is 146 Å². The van der Waals surface area contributed by atoms with E-state index in [9.17, 15) is 9.90 Å². The number of carbonyl (C=O) groups excluding carboxylic acids is 1. The van der Waals surface area contributed by atoms with E-state index in [2.05, 4.69) is 9.97 Å². The van der Waals surface area contributed by atoms with Crippen LogP contribution in [0.5, 0.6) is 0 Å². The van der Waals surface area contributed by atoms with Crippen molar-refractivity contribution in [2.24, 2.45) is 0 Å². The number of aromatic nitrogens is 2. The first-order valence-corrected chi connectivity index (χ1v) is 8.46. The molecule has 5 nitrogen and oxygen atoms in total. The van der Waals surface area contributed by atoms with E-state index >= 15 is 0 Å². The van der Waals surface area contributed by atoms with Gasteiger partial charge in [-0.3, -0.25) is 14.8 Å². The molecule has 0 bridgehead atoms. The standard InChI is InChI=1S/C18H20ClN3O2/c19-16-4-2-1-3-15(16)18(24)7-11-22(12-8-18)17(23)6-5-14-13-20-9-10-21-14/h1-4,9-10,13,24H,5-8,11-12H2. The van der Waals surface area contributed by atoms with Crippen LogP contribution >= 0.6 is 11.6 Å². The molecule has 0 radical (unpaired) electrons. The van der Waals surface area contributed by atoms with Gasteiger partial charge in [0.1, 0.15) is 0 Å². The van der Waals surface area contributed by atoms with Crippen LogP contribution < -0.4 is 0 Å². The molecule has 2 heterocycles. The maximum Gasteiger partial charge on any atom is 0.222 e. The summed E-state index contributed by atoms with van der Waals surface area (Å²) in [6.07, 6.45) is 6.90. The highest BCUT2D eigenvalue weighted by Crippen LogP contribution is 2.36. The first kappa shape index (κ1) is 16.9. The zero-order chi connectivity index (χ0) is 17.0. The lowest BCUT2D eigenvalue weighted by atomic mass is 9.84. The predicted octanol–water partition coefficient (Wildman–Crippen LogP) is 2.57. The van der Waals surface area contributed by atoms with Gasteiger partial charge in [0.25, 0.3) is 0 Å². The van der Waals surface area contributed by atoms with E-state index in [0.717, 1.165) is 11.3 Å². The number of hydrogen-bond donors (Lipinski definition) is 1. The average molecular weight is 346 g/mol. The highest BCUT2D eigenvalue weighted by atomic mass is 35.5. The molecule has 1 amide bonds. The van der Waals surface area contributed by atoms with Crippen molar-refractivity contribution < 1.29 is 9.90 Å². The van der Waals surface area contributed by atoms with Crippen LogP contribution in [-0.2, 0) is 16.8 Å². The second kappa shape index (κ2) is 7.28. The number of hydrogen-bond acceptors (Lipinski definition) is 4. The minimum atomic E-state index is -0.958. The van der Waals surface area contributed by atoms with Gasteiger partial charge < -0.3 is 10.0 Å². The molecular formula is C18H20ClN3O2. The lowest BCUT2D eigenvalue weighted by Gasteiger charge is -2.39. The van der Waals surface area contributed by atoms with Crippen LogP contribution in [0.2, 0.25) is 5.02 Å². The fourth-order valence-electron chi connectivity index (χ4n) is 3.09. The minimum Gasteiger partial charge on any atom is -0.385 e. The topological polar surface area (TPSA) is 66.3 Å². The summed E-state index contributed by atoms with van der Waals surface area (Å²) in [5.41, 5.74) is 0.605. The number of likely N-dealkylation sites (tertiary alicyclic amines) is 1. The van der Waals surface area contributed by atoms with Crippen molar-refractivity contribution in [3.8, 4) is 0 Å². The lowest BCUT2D eigenvalue weighted by molar-refractivity contribution is -0.135. The summed E-state index contributed by atoms with van der Waals surface area (Å²) in [6, 6.07) is 7.36. The average Bonchev–Trinajstić information content (AvgIpc) is 2.61. The third kappa shape index (κ3) is 3.74. The highest BCUT2D eigenvalue weighted by Gasteiger charge is 2.36. The van der Waals surface area contributed by atoms with E-state index in [1.165, 1.54) is 0 Å². The molecule has 0 saturated carbocycles. The van der Waals surface area contributed by atoms with Crippen molar-refractivity contribution in [2.45, 2.75) is 31.3 Å². The molecule has 24 heavy (non-hydrogen) atoms. The third-order valence-corrected chi connectivity index (χ3v) is 4.86. The summed E-state index contributed by atoms with van der Waals surface area (Å²) in [5, 5.41) is 11.5. The number of piperidine rings is 1. The molecular weight excluding hydrogens is 326 g/mol. The monoisotopic (exact) mass is 345 g/mol. The largest absolute Gasteiger partial charge is 0.385 e. The molecule has 2 aromatic rings. The molecule has 3 rings (SSSR count). The summed E-state index contributed by atoms with van der Waals surface area (Å²) in [7, 11) is 0. The maximum absolute atomic E-state index is 12.4. The number of nitrogens with zero attached hydrogens (tertiary/aromatic N) is 3. The Morgan fingerprint density at radius 3 is 2.67 bits per heavy atom. The summed E-state index contributed by atoms with van der Waals surface area (Å²) >= 11 is 6.21. The van der Waals surface area contributed by atoms with Crippen molar-refractivity contribution in [2.75, 3.05) is 13.1 Å². The van der Waals surface area contributed by atoms with Crippen LogP contribution in [0.4, 0.5) is 0 Å². The minimum absolute atomic E-state index is 0.0851. The molecule has 1 N–H and O–H groups in total. The van der Waals surface area contributed by atoms with Crippen molar-refractivity contribution in [1.82, 2.24) is 14.9 Å². The molecule has 1 saturated heterocycles. The number of halogens is 1. The fourth-order valence-corrected chi connectivity index (χ4v) is 3.40. The molecule has 0 unspecified atom stereocenters. The second-order valence-electron chi connectivity index (χ2n) is 6.09. The molecule has 0 atom stereocenters. The Balaban J connectivity index is 1.56. The van der Waals surface area contributed by atoms with Gasteiger partial charge in [-0.1, -0.05) is 29.8 Å². The normalized spacial score (nSPS) is 16.8. The Morgan fingerprint density at radius 1 is 1.25 bits per heavy atom. The van der Waals surface area contributed by atoms with Gasteiger partial charge >= 0.3 is 0 Å². The van der Waals surface area contributed by atoms with Crippen LogP contribution in [0.3, 0.4) is 0 Å². The summed E-state index contributed by atoms with van der Waals surface area (Å²) in [6.45, 7) is 1.06. The zero-order valence-corrected chi connectivity index (χ0v) is 14.1. The van der Waals surface area contributed by atoms with Crippen LogP contribution in [0.25, 0.3) is 0 Å². The van der Waals surface area contributed by atoms with Gasteiger partial charge in [-0.2, -0.15) is 0 Å². The molecule has 0 aliphatic carbocycles. The quantitative estimate of drug-likeness (QED) is 0.924. The van der Waals surface area contributed by atoms with Crippen LogP contribution in [0, 0.1) is 0 Å². The van der Waals surface area contributed by atoms with Crippen LogP contribution in [0.1, 0.15) is 30.5 Å². The number of benzene rings is 1. The van der Waals surface area contributed by atoms with Crippen LogP contribution in [0.15, 0.2) is 42.9 Å². The first-order valence-electron chi connectivity index (χ1n) is 8.08. The molecule has 1 aromatic carbocycles. The maximum atomic E-state index is 12.4. The van der Waals surface area contributed by atoms with E-state index in [0.29, 0.717) is 43.8 Å². The Kier molecular flexibility index (Phi) is 5.11. The van der Waals surface area contributed by atoms with E-state index < -0.39 is 5.60 Å². The molecule has 0 spiro atoms. The van der Waals surface area contributed by atoms with Crippen molar-refractivity contribution >= 4 is 17.5 Å². The number of aliphatic hydroxyl groups is 1.